The molecular weight excluding hydrogens is 287 g/mol. The Morgan fingerprint density at radius 3 is 2.65 bits per heavy atom. The lowest BCUT2D eigenvalue weighted by atomic mass is 10.1. The van der Waals surface area contributed by atoms with Gasteiger partial charge in [0, 0.05) is 12.3 Å². The van der Waals surface area contributed by atoms with Crippen LogP contribution in [0.25, 0.3) is 0 Å². The highest BCUT2D eigenvalue weighted by atomic mass is 32.2. The zero-order valence-corrected chi connectivity index (χ0v) is 11.9. The standard InChI is InChI=1S/C13H14F3N3S/c1-3-19-9(2)17-18-12(19)20-8-10-5-4-6-11(7-10)13(14,15)16/h4-7H,3,8H2,1-2H3. The van der Waals surface area contributed by atoms with E-state index in [9.17, 15) is 13.2 Å². The van der Waals surface area contributed by atoms with Gasteiger partial charge in [-0.05, 0) is 25.5 Å². The summed E-state index contributed by atoms with van der Waals surface area (Å²) in [6, 6.07) is 5.36. The summed E-state index contributed by atoms with van der Waals surface area (Å²) in [5.41, 5.74) is -0.00290. The number of thioether (sulfide) groups is 1. The fourth-order valence-corrected chi connectivity index (χ4v) is 2.81. The molecule has 0 radical (unpaired) electrons. The number of aromatic nitrogens is 3. The van der Waals surface area contributed by atoms with Crippen molar-refractivity contribution in [2.75, 3.05) is 0 Å². The first-order valence-corrected chi connectivity index (χ1v) is 7.09. The topological polar surface area (TPSA) is 30.7 Å². The summed E-state index contributed by atoms with van der Waals surface area (Å²) < 4.78 is 39.8. The smallest absolute Gasteiger partial charge is 0.307 e. The van der Waals surface area contributed by atoms with E-state index < -0.39 is 11.7 Å². The van der Waals surface area contributed by atoms with Gasteiger partial charge in [-0.2, -0.15) is 13.2 Å². The maximum Gasteiger partial charge on any atom is 0.416 e. The number of alkyl halides is 3. The second-order valence-electron chi connectivity index (χ2n) is 4.26. The molecule has 0 amide bonds. The van der Waals surface area contributed by atoms with Gasteiger partial charge in [0.25, 0.3) is 0 Å². The van der Waals surface area contributed by atoms with Crippen molar-refractivity contribution in [2.24, 2.45) is 0 Å². The largest absolute Gasteiger partial charge is 0.416 e. The Morgan fingerprint density at radius 2 is 2.00 bits per heavy atom. The van der Waals surface area contributed by atoms with Crippen molar-refractivity contribution in [3.05, 3.63) is 41.2 Å². The van der Waals surface area contributed by atoms with Gasteiger partial charge in [0.2, 0.25) is 0 Å². The van der Waals surface area contributed by atoms with Crippen LogP contribution in [0.2, 0.25) is 0 Å². The van der Waals surface area contributed by atoms with Gasteiger partial charge < -0.3 is 4.57 Å². The monoisotopic (exact) mass is 301 g/mol. The van der Waals surface area contributed by atoms with Crippen molar-refractivity contribution in [3.63, 3.8) is 0 Å². The second kappa shape index (κ2) is 5.87. The molecule has 0 bridgehead atoms. The molecule has 3 nitrogen and oxygen atoms in total. The molecule has 108 valence electrons. The number of hydrogen-bond acceptors (Lipinski definition) is 3. The minimum atomic E-state index is -4.30. The molecule has 0 saturated carbocycles. The molecule has 0 unspecified atom stereocenters. The predicted octanol–water partition coefficient (Wildman–Crippen LogP) is 3.92. The second-order valence-corrected chi connectivity index (χ2v) is 5.20. The van der Waals surface area contributed by atoms with Gasteiger partial charge in [0.15, 0.2) is 5.16 Å². The van der Waals surface area contributed by atoms with Crippen LogP contribution in [0.4, 0.5) is 13.2 Å². The van der Waals surface area contributed by atoms with Crippen molar-refractivity contribution >= 4 is 11.8 Å². The summed E-state index contributed by atoms with van der Waals surface area (Å²) in [5, 5.41) is 8.72. The summed E-state index contributed by atoms with van der Waals surface area (Å²) in [6.45, 7) is 4.57. The van der Waals surface area contributed by atoms with Crippen LogP contribution >= 0.6 is 11.8 Å². The van der Waals surface area contributed by atoms with Gasteiger partial charge in [0.05, 0.1) is 5.56 Å². The van der Waals surface area contributed by atoms with Crippen LogP contribution in [-0.2, 0) is 18.5 Å². The van der Waals surface area contributed by atoms with Crippen molar-refractivity contribution < 1.29 is 13.2 Å². The average molecular weight is 301 g/mol. The van der Waals surface area contributed by atoms with Gasteiger partial charge in [-0.25, -0.2) is 0 Å². The molecule has 7 heteroatoms. The Labute approximate surface area is 119 Å². The number of halogens is 3. The van der Waals surface area contributed by atoms with E-state index in [1.54, 1.807) is 6.07 Å². The maximum absolute atomic E-state index is 12.6. The molecule has 0 atom stereocenters. The van der Waals surface area contributed by atoms with Crippen molar-refractivity contribution in [1.29, 1.82) is 0 Å². The summed E-state index contributed by atoms with van der Waals surface area (Å²) in [4.78, 5) is 0. The van der Waals surface area contributed by atoms with Crippen molar-refractivity contribution in [1.82, 2.24) is 14.8 Å². The summed E-state index contributed by atoms with van der Waals surface area (Å²) >= 11 is 1.39. The lowest BCUT2D eigenvalue weighted by molar-refractivity contribution is -0.137. The molecule has 0 N–H and O–H groups in total. The molecule has 2 rings (SSSR count). The fraction of sp³-hybridized carbons (Fsp3) is 0.385. The van der Waals surface area contributed by atoms with Gasteiger partial charge in [-0.1, -0.05) is 30.0 Å². The molecule has 0 spiro atoms. The first-order valence-electron chi connectivity index (χ1n) is 6.10. The van der Waals surface area contributed by atoms with Gasteiger partial charge >= 0.3 is 6.18 Å². The van der Waals surface area contributed by atoms with Crippen LogP contribution in [0.15, 0.2) is 29.4 Å². The molecule has 1 heterocycles. The minimum Gasteiger partial charge on any atom is -0.307 e. The zero-order valence-electron chi connectivity index (χ0n) is 11.1. The van der Waals surface area contributed by atoms with E-state index >= 15 is 0 Å². The van der Waals surface area contributed by atoms with Crippen LogP contribution in [0.3, 0.4) is 0 Å². The van der Waals surface area contributed by atoms with Crippen molar-refractivity contribution in [3.8, 4) is 0 Å². The van der Waals surface area contributed by atoms with Crippen molar-refractivity contribution in [2.45, 2.75) is 37.5 Å². The minimum absolute atomic E-state index is 0.433. The summed E-state index contributed by atoms with van der Waals surface area (Å²) in [6.07, 6.45) is -4.30. The number of benzene rings is 1. The van der Waals surface area contributed by atoms with Crippen LogP contribution in [0.5, 0.6) is 0 Å². The third-order valence-electron chi connectivity index (χ3n) is 2.84. The van der Waals surface area contributed by atoms with E-state index in [1.807, 2.05) is 18.4 Å². The molecule has 0 aliphatic rings. The predicted molar refractivity (Wildman–Crippen MR) is 71.4 cm³/mol. The molecule has 0 aliphatic carbocycles. The molecule has 1 aromatic carbocycles. The normalized spacial score (nSPS) is 11.8. The van der Waals surface area contributed by atoms with E-state index in [4.69, 9.17) is 0 Å². The molecule has 1 aromatic heterocycles. The Kier molecular flexibility index (Phi) is 4.37. The summed E-state index contributed by atoms with van der Waals surface area (Å²) in [7, 11) is 0. The van der Waals surface area contributed by atoms with E-state index in [2.05, 4.69) is 10.2 Å². The fourth-order valence-electron chi connectivity index (χ4n) is 1.82. The van der Waals surface area contributed by atoms with Crippen LogP contribution in [0.1, 0.15) is 23.9 Å². The third kappa shape index (κ3) is 3.33. The lowest BCUT2D eigenvalue weighted by Gasteiger charge is -2.09. The Morgan fingerprint density at radius 1 is 1.25 bits per heavy atom. The molecule has 0 aliphatic heterocycles. The van der Waals surface area contributed by atoms with Gasteiger partial charge in [-0.3, -0.25) is 0 Å². The van der Waals surface area contributed by atoms with E-state index in [0.717, 1.165) is 23.6 Å². The molecule has 0 fully saturated rings. The lowest BCUT2D eigenvalue weighted by Crippen LogP contribution is -2.05. The third-order valence-corrected chi connectivity index (χ3v) is 3.88. The first kappa shape index (κ1) is 14.9. The molecule has 2 aromatic rings. The Hall–Kier alpha value is -1.50. The van der Waals surface area contributed by atoms with Crippen LogP contribution in [0, 0.1) is 6.92 Å². The van der Waals surface area contributed by atoms with Crippen LogP contribution < -0.4 is 0 Å². The highest BCUT2D eigenvalue weighted by Gasteiger charge is 2.30. The highest BCUT2D eigenvalue weighted by molar-refractivity contribution is 7.98. The van der Waals surface area contributed by atoms with E-state index in [-0.39, 0.29) is 0 Å². The summed E-state index contributed by atoms with van der Waals surface area (Å²) in [5.74, 6) is 1.24. The number of rotatable bonds is 4. The van der Waals surface area contributed by atoms with Gasteiger partial charge in [0.1, 0.15) is 5.82 Å². The molecular formula is C13H14F3N3S. The number of hydrogen-bond donors (Lipinski definition) is 0. The highest BCUT2D eigenvalue weighted by Crippen LogP contribution is 2.31. The average Bonchev–Trinajstić information content (AvgIpc) is 2.76. The zero-order chi connectivity index (χ0) is 14.8. The maximum atomic E-state index is 12.6. The number of nitrogens with zero attached hydrogens (tertiary/aromatic N) is 3. The first-order chi connectivity index (χ1) is 9.41. The number of aryl methyl sites for hydroxylation is 1. The molecule has 0 saturated heterocycles. The van der Waals surface area contributed by atoms with Gasteiger partial charge in [-0.15, -0.1) is 10.2 Å². The Balaban J connectivity index is 2.11. The Bertz CT molecular complexity index is 593. The SMILES string of the molecule is CCn1c(C)nnc1SCc1cccc(C(F)(F)F)c1. The quantitative estimate of drug-likeness (QED) is 0.802. The van der Waals surface area contributed by atoms with Crippen LogP contribution in [-0.4, -0.2) is 14.8 Å². The van der Waals surface area contributed by atoms with E-state index in [1.165, 1.54) is 23.9 Å². The van der Waals surface area contributed by atoms with E-state index in [0.29, 0.717) is 11.3 Å². The molecule has 20 heavy (non-hydrogen) atoms.